The molecule has 0 aromatic carbocycles. The molecule has 1 aromatic heterocycles. The molecule has 0 bridgehead atoms. The van der Waals surface area contributed by atoms with Crippen LogP contribution >= 0.6 is 11.3 Å². The molecule has 0 aliphatic carbocycles. The molecule has 15 heavy (non-hydrogen) atoms. The van der Waals surface area contributed by atoms with E-state index in [1.165, 1.54) is 0 Å². The van der Waals surface area contributed by atoms with E-state index < -0.39 is 9.84 Å². The predicted octanol–water partition coefficient (Wildman–Crippen LogP) is 1.47. The zero-order valence-electron chi connectivity index (χ0n) is 8.64. The van der Waals surface area contributed by atoms with Crippen molar-refractivity contribution in [3.63, 3.8) is 0 Å². The Hall–Kier alpha value is -0.690. The zero-order chi connectivity index (χ0) is 11.3. The molecule has 0 spiro atoms. The molecule has 0 fully saturated rings. The van der Waals surface area contributed by atoms with Crippen molar-refractivity contribution >= 4 is 26.3 Å². The minimum absolute atomic E-state index is 0.0384. The van der Waals surface area contributed by atoms with Gasteiger partial charge in [-0.3, -0.25) is 0 Å². The molecule has 0 saturated carbocycles. The molecule has 1 heterocycles. The highest BCUT2D eigenvalue weighted by Crippen LogP contribution is 2.19. The summed E-state index contributed by atoms with van der Waals surface area (Å²) in [4.78, 5) is 0. The van der Waals surface area contributed by atoms with Crippen LogP contribution in [0.15, 0.2) is 4.34 Å². The van der Waals surface area contributed by atoms with Crippen LogP contribution in [-0.2, 0) is 9.84 Å². The number of nitrogens with zero attached hydrogens (tertiary/aromatic N) is 2. The fourth-order valence-electron chi connectivity index (χ4n) is 1.15. The number of anilines is 1. The summed E-state index contributed by atoms with van der Waals surface area (Å²) in [6.07, 6.45) is 3.76. The lowest BCUT2D eigenvalue weighted by atomic mass is 10.2. The number of rotatable bonds is 6. The lowest BCUT2D eigenvalue weighted by molar-refractivity contribution is 0.587. The molecular formula is C8H15N3O2S2. The van der Waals surface area contributed by atoms with Gasteiger partial charge in [-0.05, 0) is 6.42 Å². The van der Waals surface area contributed by atoms with Crippen molar-refractivity contribution in [1.29, 1.82) is 0 Å². The maximum absolute atomic E-state index is 11.7. The zero-order valence-corrected chi connectivity index (χ0v) is 10.3. The average Bonchev–Trinajstić information content (AvgIpc) is 2.60. The highest BCUT2D eigenvalue weighted by atomic mass is 32.2. The Labute approximate surface area is 93.6 Å². The average molecular weight is 249 g/mol. The van der Waals surface area contributed by atoms with Crippen molar-refractivity contribution in [3.8, 4) is 0 Å². The van der Waals surface area contributed by atoms with E-state index >= 15 is 0 Å². The Balaban J connectivity index is 2.53. The number of aromatic nitrogens is 2. The third kappa shape index (κ3) is 3.75. The van der Waals surface area contributed by atoms with Crippen molar-refractivity contribution in [2.24, 2.45) is 0 Å². The normalized spacial score (nSPS) is 11.8. The summed E-state index contributed by atoms with van der Waals surface area (Å²) in [6.45, 7) is 2.08. The standard InChI is InChI=1S/C8H15N3O2S2/c1-2-3-4-5-6-15(12,13)8-11-10-7(9)14-8/h2-6H2,1H3,(H2,9,10). The van der Waals surface area contributed by atoms with Crippen molar-refractivity contribution in [1.82, 2.24) is 10.2 Å². The SMILES string of the molecule is CCCCCCS(=O)(=O)c1nnc(N)s1. The van der Waals surface area contributed by atoms with Gasteiger partial charge < -0.3 is 5.73 Å². The summed E-state index contributed by atoms with van der Waals surface area (Å²) in [6, 6.07) is 0. The largest absolute Gasteiger partial charge is 0.374 e. The van der Waals surface area contributed by atoms with Gasteiger partial charge in [0.25, 0.3) is 0 Å². The van der Waals surface area contributed by atoms with E-state index in [-0.39, 0.29) is 15.2 Å². The number of hydrogen-bond donors (Lipinski definition) is 1. The molecular weight excluding hydrogens is 234 g/mol. The Morgan fingerprint density at radius 3 is 2.53 bits per heavy atom. The van der Waals surface area contributed by atoms with Crippen molar-refractivity contribution in [2.45, 2.75) is 36.9 Å². The van der Waals surface area contributed by atoms with Crippen LogP contribution < -0.4 is 5.73 Å². The third-order valence-electron chi connectivity index (χ3n) is 1.95. The third-order valence-corrected chi connectivity index (χ3v) is 4.95. The first-order chi connectivity index (χ1) is 7.06. The number of nitrogen functional groups attached to an aromatic ring is 1. The van der Waals surface area contributed by atoms with Crippen LogP contribution in [0.25, 0.3) is 0 Å². The number of unbranched alkanes of at least 4 members (excludes halogenated alkanes) is 3. The Morgan fingerprint density at radius 1 is 1.27 bits per heavy atom. The number of sulfone groups is 1. The molecule has 0 unspecified atom stereocenters. The van der Waals surface area contributed by atoms with Crippen molar-refractivity contribution in [2.75, 3.05) is 11.5 Å². The minimum atomic E-state index is -3.26. The molecule has 86 valence electrons. The Bertz CT molecular complexity index is 400. The number of hydrogen-bond acceptors (Lipinski definition) is 6. The summed E-state index contributed by atoms with van der Waals surface area (Å²) < 4.78 is 23.4. The molecule has 0 saturated heterocycles. The molecule has 0 aliphatic heterocycles. The Kier molecular flexibility index (Phi) is 4.46. The van der Waals surface area contributed by atoms with E-state index in [4.69, 9.17) is 5.73 Å². The van der Waals surface area contributed by atoms with Crippen LogP contribution in [-0.4, -0.2) is 24.4 Å². The molecule has 2 N–H and O–H groups in total. The number of nitrogens with two attached hydrogens (primary N) is 1. The van der Waals surface area contributed by atoms with Gasteiger partial charge in [0.15, 0.2) is 0 Å². The van der Waals surface area contributed by atoms with Gasteiger partial charge in [-0.2, -0.15) is 0 Å². The fourth-order valence-corrected chi connectivity index (χ4v) is 3.43. The van der Waals surface area contributed by atoms with Gasteiger partial charge in [0.05, 0.1) is 5.75 Å². The molecule has 7 heteroatoms. The van der Waals surface area contributed by atoms with E-state index in [9.17, 15) is 8.42 Å². The maximum Gasteiger partial charge on any atom is 0.234 e. The first kappa shape index (κ1) is 12.4. The topological polar surface area (TPSA) is 85.9 Å². The van der Waals surface area contributed by atoms with Crippen molar-refractivity contribution < 1.29 is 8.42 Å². The molecule has 0 atom stereocenters. The molecule has 1 rings (SSSR count). The molecule has 0 radical (unpaired) electrons. The molecule has 0 amide bonds. The van der Waals surface area contributed by atoms with Gasteiger partial charge in [0.1, 0.15) is 0 Å². The van der Waals surface area contributed by atoms with E-state index in [2.05, 4.69) is 17.1 Å². The quantitative estimate of drug-likeness (QED) is 0.772. The van der Waals surface area contributed by atoms with Crippen LogP contribution in [0.2, 0.25) is 0 Å². The second-order valence-corrected chi connectivity index (χ2v) is 6.58. The Morgan fingerprint density at radius 2 is 2.00 bits per heavy atom. The summed E-state index contributed by atoms with van der Waals surface area (Å²) in [5.41, 5.74) is 5.33. The van der Waals surface area contributed by atoms with Crippen LogP contribution in [0.1, 0.15) is 32.6 Å². The van der Waals surface area contributed by atoms with E-state index in [1.807, 2.05) is 0 Å². The molecule has 1 aromatic rings. The van der Waals surface area contributed by atoms with Gasteiger partial charge in [-0.25, -0.2) is 8.42 Å². The second kappa shape index (κ2) is 5.41. The molecule has 0 aliphatic rings. The summed E-state index contributed by atoms with van der Waals surface area (Å²) >= 11 is 0.926. The van der Waals surface area contributed by atoms with E-state index in [1.54, 1.807) is 0 Å². The van der Waals surface area contributed by atoms with Crippen molar-refractivity contribution in [3.05, 3.63) is 0 Å². The lowest BCUT2D eigenvalue weighted by Crippen LogP contribution is -2.06. The summed E-state index contributed by atoms with van der Waals surface area (Å²) in [5, 5.41) is 7.23. The smallest absolute Gasteiger partial charge is 0.234 e. The van der Waals surface area contributed by atoms with Crippen LogP contribution in [0.3, 0.4) is 0 Å². The highest BCUT2D eigenvalue weighted by Gasteiger charge is 2.18. The summed E-state index contributed by atoms with van der Waals surface area (Å²) in [5.74, 6) is 0.141. The van der Waals surface area contributed by atoms with Gasteiger partial charge in [-0.1, -0.05) is 37.5 Å². The monoisotopic (exact) mass is 249 g/mol. The first-order valence-electron chi connectivity index (χ1n) is 4.88. The minimum Gasteiger partial charge on any atom is -0.374 e. The van der Waals surface area contributed by atoms with Crippen LogP contribution in [0, 0.1) is 0 Å². The van der Waals surface area contributed by atoms with Crippen LogP contribution in [0.4, 0.5) is 5.13 Å². The summed E-state index contributed by atoms with van der Waals surface area (Å²) in [7, 11) is -3.26. The molecule has 5 nitrogen and oxygen atoms in total. The van der Waals surface area contributed by atoms with Crippen LogP contribution in [0.5, 0.6) is 0 Å². The van der Waals surface area contributed by atoms with Gasteiger partial charge in [0.2, 0.25) is 19.3 Å². The van der Waals surface area contributed by atoms with Gasteiger partial charge in [-0.15, -0.1) is 10.2 Å². The van der Waals surface area contributed by atoms with E-state index in [0.717, 1.165) is 30.6 Å². The highest BCUT2D eigenvalue weighted by molar-refractivity contribution is 7.93. The maximum atomic E-state index is 11.7. The lowest BCUT2D eigenvalue weighted by Gasteiger charge is -1.99. The predicted molar refractivity (Wildman–Crippen MR) is 60.5 cm³/mol. The first-order valence-corrected chi connectivity index (χ1v) is 7.35. The van der Waals surface area contributed by atoms with Gasteiger partial charge in [0, 0.05) is 0 Å². The fraction of sp³-hybridized carbons (Fsp3) is 0.750. The second-order valence-electron chi connectivity index (χ2n) is 3.29. The van der Waals surface area contributed by atoms with Gasteiger partial charge >= 0.3 is 0 Å². The van der Waals surface area contributed by atoms with E-state index in [0.29, 0.717) is 6.42 Å².